The highest BCUT2D eigenvalue weighted by atomic mass is 32.2. The number of carbonyl (C=O) groups excluding carboxylic acids is 1. The van der Waals surface area contributed by atoms with E-state index in [0.29, 0.717) is 4.90 Å². The Bertz CT molecular complexity index is 997. The van der Waals surface area contributed by atoms with Crippen molar-refractivity contribution in [2.24, 2.45) is 0 Å². The molecular formula is C22H23NO4S. The van der Waals surface area contributed by atoms with E-state index in [2.05, 4.69) is 6.08 Å². The number of benzene rings is 2. The molecule has 0 spiro atoms. The van der Waals surface area contributed by atoms with Crippen molar-refractivity contribution in [3.63, 3.8) is 0 Å². The smallest absolute Gasteiger partial charge is 0.410 e. The van der Waals surface area contributed by atoms with Crippen LogP contribution >= 0.6 is 0 Å². The lowest BCUT2D eigenvalue weighted by atomic mass is 9.95. The Kier molecular flexibility index (Phi) is 4.98. The van der Waals surface area contributed by atoms with Gasteiger partial charge in [0, 0.05) is 12.3 Å². The van der Waals surface area contributed by atoms with E-state index >= 15 is 0 Å². The van der Waals surface area contributed by atoms with E-state index in [1.165, 1.54) is 11.8 Å². The van der Waals surface area contributed by atoms with Crippen LogP contribution in [0.15, 0.2) is 65.6 Å². The summed E-state index contributed by atoms with van der Waals surface area (Å²) in [5.41, 5.74) is 3.16. The first kappa shape index (κ1) is 18.7. The molecule has 2 aliphatic heterocycles. The third kappa shape index (κ3) is 3.83. The van der Waals surface area contributed by atoms with Gasteiger partial charge in [0.05, 0.1) is 10.9 Å². The molecule has 2 aromatic rings. The van der Waals surface area contributed by atoms with Crippen LogP contribution in [0.1, 0.15) is 30.4 Å². The highest BCUT2D eigenvalue weighted by Crippen LogP contribution is 2.39. The molecule has 2 aliphatic rings. The van der Waals surface area contributed by atoms with Gasteiger partial charge < -0.3 is 4.74 Å². The fourth-order valence-corrected chi connectivity index (χ4v) is 4.67. The molecule has 2 bridgehead atoms. The van der Waals surface area contributed by atoms with Gasteiger partial charge in [-0.15, -0.1) is 0 Å². The molecule has 2 heterocycles. The van der Waals surface area contributed by atoms with E-state index < -0.39 is 9.84 Å². The van der Waals surface area contributed by atoms with Gasteiger partial charge in [0.25, 0.3) is 0 Å². The molecule has 6 heteroatoms. The van der Waals surface area contributed by atoms with Gasteiger partial charge in [-0.3, -0.25) is 4.90 Å². The zero-order valence-corrected chi connectivity index (χ0v) is 16.6. The maximum absolute atomic E-state index is 12.6. The molecule has 28 heavy (non-hydrogen) atoms. The molecule has 1 fully saturated rings. The molecule has 1 amide bonds. The number of rotatable bonds is 4. The van der Waals surface area contributed by atoms with Crippen molar-refractivity contribution in [1.82, 2.24) is 4.90 Å². The SMILES string of the molecule is CS(=O)(=O)c1ccc(C2=CC3CCC(C2)N3C(=O)OCc2ccccc2)cc1. The minimum absolute atomic E-state index is 0.0339. The summed E-state index contributed by atoms with van der Waals surface area (Å²) in [5, 5.41) is 0. The topological polar surface area (TPSA) is 63.7 Å². The normalized spacial score (nSPS) is 21.3. The van der Waals surface area contributed by atoms with Crippen LogP contribution in [0.3, 0.4) is 0 Å². The zero-order valence-electron chi connectivity index (χ0n) is 15.7. The highest BCUT2D eigenvalue weighted by molar-refractivity contribution is 7.90. The Morgan fingerprint density at radius 3 is 2.43 bits per heavy atom. The van der Waals surface area contributed by atoms with E-state index in [0.717, 1.165) is 30.4 Å². The molecule has 0 aliphatic carbocycles. The summed E-state index contributed by atoms with van der Waals surface area (Å²) < 4.78 is 28.8. The number of hydrogen-bond acceptors (Lipinski definition) is 4. The molecule has 0 N–H and O–H groups in total. The van der Waals surface area contributed by atoms with Crippen molar-refractivity contribution in [3.8, 4) is 0 Å². The second-order valence-corrected chi connectivity index (χ2v) is 9.45. The lowest BCUT2D eigenvalue weighted by Gasteiger charge is -2.33. The molecule has 0 saturated carbocycles. The quantitative estimate of drug-likeness (QED) is 0.781. The van der Waals surface area contributed by atoms with Gasteiger partial charge in [0.2, 0.25) is 0 Å². The number of hydrogen-bond donors (Lipinski definition) is 0. The minimum Gasteiger partial charge on any atom is -0.445 e. The lowest BCUT2D eigenvalue weighted by molar-refractivity contribution is 0.0832. The summed E-state index contributed by atoms with van der Waals surface area (Å²) in [6, 6.07) is 16.8. The fraction of sp³-hybridized carbons (Fsp3) is 0.318. The Balaban J connectivity index is 1.47. The number of nitrogens with zero attached hydrogens (tertiary/aromatic N) is 1. The van der Waals surface area contributed by atoms with Gasteiger partial charge >= 0.3 is 6.09 Å². The van der Waals surface area contributed by atoms with Crippen LogP contribution in [0.25, 0.3) is 5.57 Å². The van der Waals surface area contributed by atoms with Gasteiger partial charge in [-0.2, -0.15) is 0 Å². The molecule has 2 aromatic carbocycles. The number of carbonyl (C=O) groups is 1. The van der Waals surface area contributed by atoms with Crippen LogP contribution in [0, 0.1) is 0 Å². The maximum Gasteiger partial charge on any atom is 0.410 e. The summed E-state index contributed by atoms with van der Waals surface area (Å²) >= 11 is 0. The van der Waals surface area contributed by atoms with Gasteiger partial charge in [-0.1, -0.05) is 48.5 Å². The number of amides is 1. The van der Waals surface area contributed by atoms with Crippen LogP contribution in [-0.2, 0) is 21.2 Å². The van der Waals surface area contributed by atoms with Crippen molar-refractivity contribution in [1.29, 1.82) is 0 Å². The first-order valence-electron chi connectivity index (χ1n) is 9.42. The maximum atomic E-state index is 12.6. The summed E-state index contributed by atoms with van der Waals surface area (Å²) in [6.07, 6.45) is 5.71. The third-order valence-corrected chi connectivity index (χ3v) is 6.59. The van der Waals surface area contributed by atoms with E-state index in [-0.39, 0.29) is 24.8 Å². The number of fused-ring (bicyclic) bond motifs is 2. The molecule has 0 radical (unpaired) electrons. The van der Waals surface area contributed by atoms with Crippen molar-refractivity contribution in [2.45, 2.75) is 42.8 Å². The first-order chi connectivity index (χ1) is 13.4. The van der Waals surface area contributed by atoms with Crippen LogP contribution in [0.5, 0.6) is 0 Å². The van der Waals surface area contributed by atoms with Crippen LogP contribution in [-0.4, -0.2) is 37.8 Å². The average Bonchev–Trinajstić information content (AvgIpc) is 2.96. The van der Waals surface area contributed by atoms with Crippen molar-refractivity contribution < 1.29 is 17.9 Å². The van der Waals surface area contributed by atoms with Gasteiger partial charge in [-0.25, -0.2) is 13.2 Å². The number of ether oxygens (including phenoxy) is 1. The van der Waals surface area contributed by atoms with E-state index in [9.17, 15) is 13.2 Å². The zero-order chi connectivity index (χ0) is 19.7. The van der Waals surface area contributed by atoms with Crippen LogP contribution < -0.4 is 0 Å². The van der Waals surface area contributed by atoms with Crippen LogP contribution in [0.4, 0.5) is 4.79 Å². The first-order valence-corrected chi connectivity index (χ1v) is 11.3. The Morgan fingerprint density at radius 1 is 1.07 bits per heavy atom. The number of sulfone groups is 1. The second kappa shape index (κ2) is 7.43. The molecule has 146 valence electrons. The summed E-state index contributed by atoms with van der Waals surface area (Å²) in [5.74, 6) is 0. The average molecular weight is 397 g/mol. The largest absolute Gasteiger partial charge is 0.445 e. The molecule has 2 unspecified atom stereocenters. The third-order valence-electron chi connectivity index (χ3n) is 5.46. The van der Waals surface area contributed by atoms with Crippen molar-refractivity contribution in [2.75, 3.05) is 6.26 Å². The predicted molar refractivity (Wildman–Crippen MR) is 107 cm³/mol. The Hall–Kier alpha value is -2.60. The summed E-state index contributed by atoms with van der Waals surface area (Å²) in [4.78, 5) is 14.8. The second-order valence-electron chi connectivity index (χ2n) is 7.44. The minimum atomic E-state index is -3.20. The predicted octanol–water partition coefficient (Wildman–Crippen LogP) is 4.05. The molecule has 4 rings (SSSR count). The van der Waals surface area contributed by atoms with Gasteiger partial charge in [0.1, 0.15) is 6.61 Å². The van der Waals surface area contributed by atoms with Gasteiger partial charge in [-0.05, 0) is 48.1 Å². The standard InChI is InChI=1S/C22H23NO4S/c1-28(25,26)21-11-7-17(8-12-21)18-13-19-9-10-20(14-18)23(19)22(24)27-15-16-5-3-2-4-6-16/h2-8,11-13,19-20H,9-10,14-15H2,1H3. The van der Waals surface area contributed by atoms with E-state index in [1.54, 1.807) is 12.1 Å². The molecule has 5 nitrogen and oxygen atoms in total. The molecule has 2 atom stereocenters. The van der Waals surface area contributed by atoms with Crippen molar-refractivity contribution >= 4 is 21.5 Å². The highest BCUT2D eigenvalue weighted by Gasteiger charge is 2.40. The fourth-order valence-electron chi connectivity index (χ4n) is 4.04. The van der Waals surface area contributed by atoms with Crippen molar-refractivity contribution in [3.05, 3.63) is 71.8 Å². The van der Waals surface area contributed by atoms with E-state index in [4.69, 9.17) is 4.74 Å². The van der Waals surface area contributed by atoms with Gasteiger partial charge in [0.15, 0.2) is 9.84 Å². The Labute approximate surface area is 165 Å². The summed E-state index contributed by atoms with van der Waals surface area (Å²) in [6.45, 7) is 0.277. The Morgan fingerprint density at radius 2 is 1.79 bits per heavy atom. The van der Waals surface area contributed by atoms with Crippen LogP contribution in [0.2, 0.25) is 0 Å². The molecular weight excluding hydrogens is 374 g/mol. The molecule has 1 saturated heterocycles. The molecule has 0 aromatic heterocycles. The van der Waals surface area contributed by atoms with E-state index in [1.807, 2.05) is 47.4 Å². The lowest BCUT2D eigenvalue weighted by Crippen LogP contribution is -2.43. The monoisotopic (exact) mass is 397 g/mol. The summed E-state index contributed by atoms with van der Waals surface area (Å²) in [7, 11) is -3.20.